The van der Waals surface area contributed by atoms with Crippen molar-refractivity contribution in [2.75, 3.05) is 0 Å². The lowest BCUT2D eigenvalue weighted by Gasteiger charge is -2.32. The van der Waals surface area contributed by atoms with Crippen molar-refractivity contribution in [3.63, 3.8) is 0 Å². The van der Waals surface area contributed by atoms with E-state index in [9.17, 15) is 9.18 Å². The average molecular weight is 532 g/mol. The lowest BCUT2D eigenvalue weighted by atomic mass is 9.90. The number of thiazole rings is 1. The fourth-order valence-corrected chi connectivity index (χ4v) is 5.92. The molecular weight excluding hydrogens is 509 g/mol. The van der Waals surface area contributed by atoms with Gasteiger partial charge in [0.05, 0.1) is 29.2 Å². The first-order valence-corrected chi connectivity index (χ1v) is 13.4. The molecule has 1 N–H and O–H groups in total. The summed E-state index contributed by atoms with van der Waals surface area (Å²) < 4.78 is 17.6. The zero-order valence-electron chi connectivity index (χ0n) is 19.8. The smallest absolute Gasteiger partial charge is 0.280 e. The van der Waals surface area contributed by atoms with Gasteiger partial charge >= 0.3 is 0 Å². The number of carbonyl (C=O) groups excluding carboxylic acids is 1. The zero-order valence-corrected chi connectivity index (χ0v) is 21.3. The molecule has 0 radical (unpaired) electrons. The van der Waals surface area contributed by atoms with Gasteiger partial charge in [0, 0.05) is 17.6 Å². The summed E-state index contributed by atoms with van der Waals surface area (Å²) in [4.78, 5) is 26.4. The molecule has 1 aliphatic rings. The number of pyridine rings is 1. The Kier molecular flexibility index (Phi) is 6.44. The number of nitrogens with zero attached hydrogens (tertiary/aromatic N) is 4. The van der Waals surface area contributed by atoms with Gasteiger partial charge in [-0.15, -0.1) is 0 Å². The topological polar surface area (TPSA) is 72.7 Å². The number of aromatic nitrogens is 4. The lowest BCUT2D eigenvalue weighted by Crippen LogP contribution is -2.39. The molecule has 0 saturated heterocycles. The zero-order chi connectivity index (χ0) is 25.4. The van der Waals surface area contributed by atoms with Gasteiger partial charge in [0.1, 0.15) is 21.5 Å². The molecule has 5 aromatic rings. The van der Waals surface area contributed by atoms with Gasteiger partial charge in [0.25, 0.3) is 5.91 Å². The van der Waals surface area contributed by atoms with Crippen molar-refractivity contribution in [3.8, 4) is 22.6 Å². The molecule has 3 heterocycles. The number of nitrogens with one attached hydrogen (secondary N) is 1. The molecule has 1 amide bonds. The number of rotatable bonds is 5. The van der Waals surface area contributed by atoms with Crippen LogP contribution in [0.1, 0.15) is 41.5 Å². The Hall–Kier alpha value is -3.62. The third kappa shape index (κ3) is 4.74. The van der Waals surface area contributed by atoms with E-state index in [0.717, 1.165) is 47.4 Å². The summed E-state index contributed by atoms with van der Waals surface area (Å²) in [6.07, 6.45) is 6.61. The molecule has 2 aromatic carbocycles. The van der Waals surface area contributed by atoms with Gasteiger partial charge in [0.15, 0.2) is 5.01 Å². The van der Waals surface area contributed by atoms with Gasteiger partial charge < -0.3 is 9.88 Å². The summed E-state index contributed by atoms with van der Waals surface area (Å²) in [5.41, 5.74) is 3.89. The largest absolute Gasteiger partial charge is 0.347 e. The van der Waals surface area contributed by atoms with Crippen molar-refractivity contribution in [2.45, 2.75) is 37.8 Å². The molecule has 0 spiro atoms. The molecule has 1 saturated carbocycles. The minimum Gasteiger partial charge on any atom is -0.347 e. The van der Waals surface area contributed by atoms with E-state index in [1.54, 1.807) is 18.3 Å². The second-order valence-corrected chi connectivity index (χ2v) is 10.8. The van der Waals surface area contributed by atoms with Crippen LogP contribution in [0.5, 0.6) is 0 Å². The van der Waals surface area contributed by atoms with Crippen LogP contribution in [0.3, 0.4) is 0 Å². The third-order valence-electron chi connectivity index (χ3n) is 6.78. The van der Waals surface area contributed by atoms with Gasteiger partial charge in [0.2, 0.25) is 0 Å². The highest BCUT2D eigenvalue weighted by atomic mass is 35.5. The van der Waals surface area contributed by atoms with E-state index in [0.29, 0.717) is 32.7 Å². The van der Waals surface area contributed by atoms with Crippen molar-refractivity contribution >= 4 is 39.9 Å². The highest BCUT2D eigenvalue weighted by molar-refractivity contribution is 7.17. The molecule has 0 unspecified atom stereocenters. The number of hydrogen-bond donors (Lipinski definition) is 1. The van der Waals surface area contributed by atoms with E-state index in [2.05, 4.69) is 19.9 Å². The van der Waals surface area contributed by atoms with Crippen LogP contribution in [0, 0.1) is 5.82 Å². The number of benzene rings is 2. The van der Waals surface area contributed by atoms with Crippen LogP contribution < -0.4 is 5.32 Å². The molecule has 0 bridgehead atoms. The van der Waals surface area contributed by atoms with Gasteiger partial charge in [-0.1, -0.05) is 65.4 Å². The second-order valence-electron chi connectivity index (χ2n) is 9.17. The molecule has 9 heteroatoms. The molecular formula is C28H23ClFN5OS. The van der Waals surface area contributed by atoms with Gasteiger partial charge in [-0.2, -0.15) is 0 Å². The van der Waals surface area contributed by atoms with Crippen LogP contribution in [0.4, 0.5) is 4.39 Å². The van der Waals surface area contributed by atoms with Crippen LogP contribution >= 0.6 is 22.9 Å². The quantitative estimate of drug-likeness (QED) is 0.267. The summed E-state index contributed by atoms with van der Waals surface area (Å²) in [5, 5.41) is 3.48. The Morgan fingerprint density at radius 2 is 1.86 bits per heavy atom. The monoisotopic (exact) mass is 531 g/mol. The Morgan fingerprint density at radius 1 is 1.05 bits per heavy atom. The maximum atomic E-state index is 15.0. The van der Waals surface area contributed by atoms with Gasteiger partial charge in [-0.3, -0.25) is 9.78 Å². The fourth-order valence-electron chi connectivity index (χ4n) is 5.10. The van der Waals surface area contributed by atoms with Crippen molar-refractivity contribution in [1.82, 2.24) is 24.8 Å². The summed E-state index contributed by atoms with van der Waals surface area (Å²) >= 11 is 7.13. The SMILES string of the molecule is O=C(N[C@H]1CCC[C@@H](n2c(-c3ccccc3F)nc3cnc(-c4ccccc4)cc32)C1)c1ncc(Cl)s1. The van der Waals surface area contributed by atoms with E-state index in [-0.39, 0.29) is 23.8 Å². The molecule has 6 rings (SSSR count). The maximum absolute atomic E-state index is 15.0. The normalized spacial score (nSPS) is 17.7. The first-order valence-electron chi connectivity index (χ1n) is 12.2. The summed E-state index contributed by atoms with van der Waals surface area (Å²) in [6.45, 7) is 0. The van der Waals surface area contributed by atoms with Crippen LogP contribution in [0.2, 0.25) is 4.34 Å². The number of imidazole rings is 1. The molecule has 6 nitrogen and oxygen atoms in total. The number of halogens is 2. The number of amides is 1. The second kappa shape index (κ2) is 10.0. The molecule has 1 fully saturated rings. The highest BCUT2D eigenvalue weighted by Gasteiger charge is 2.29. The van der Waals surface area contributed by atoms with Gasteiger partial charge in [-0.25, -0.2) is 14.4 Å². The van der Waals surface area contributed by atoms with Crippen LogP contribution in [0.25, 0.3) is 33.7 Å². The molecule has 3 aromatic heterocycles. The van der Waals surface area contributed by atoms with Crippen LogP contribution in [0.15, 0.2) is 73.1 Å². The predicted molar refractivity (Wildman–Crippen MR) is 144 cm³/mol. The molecule has 0 aliphatic heterocycles. The van der Waals surface area contributed by atoms with E-state index in [1.807, 2.05) is 42.5 Å². The number of hydrogen-bond acceptors (Lipinski definition) is 5. The Bertz CT molecular complexity index is 1580. The van der Waals surface area contributed by atoms with Crippen molar-refractivity contribution in [2.24, 2.45) is 0 Å². The van der Waals surface area contributed by atoms with E-state index in [1.165, 1.54) is 12.3 Å². The maximum Gasteiger partial charge on any atom is 0.280 e. The number of fused-ring (bicyclic) bond motifs is 1. The Balaban J connectivity index is 1.41. The predicted octanol–water partition coefficient (Wildman–Crippen LogP) is 6.93. The lowest BCUT2D eigenvalue weighted by molar-refractivity contribution is 0.0920. The third-order valence-corrected chi connectivity index (χ3v) is 7.89. The van der Waals surface area contributed by atoms with E-state index < -0.39 is 0 Å². The minimum absolute atomic E-state index is 0.0181. The first-order chi connectivity index (χ1) is 18.1. The van der Waals surface area contributed by atoms with Crippen molar-refractivity contribution in [1.29, 1.82) is 0 Å². The Morgan fingerprint density at radius 3 is 2.65 bits per heavy atom. The fraction of sp³-hybridized carbons (Fsp3) is 0.214. The van der Waals surface area contributed by atoms with Gasteiger partial charge in [-0.05, 0) is 43.9 Å². The summed E-state index contributed by atoms with van der Waals surface area (Å²) in [6, 6.07) is 18.7. The highest BCUT2D eigenvalue weighted by Crippen LogP contribution is 2.37. The Labute approximate surface area is 222 Å². The standard InChI is InChI=1S/C28H23ClFN5OS/c29-25-16-32-28(37-25)27(36)33-18-9-6-10-19(13-18)35-24-14-22(17-7-2-1-3-8-17)31-15-23(24)34-26(35)20-11-4-5-12-21(20)30/h1-5,7-8,11-12,14-16,18-19H,6,9-10,13H2,(H,33,36)/t18-,19+/m0/s1. The first kappa shape index (κ1) is 23.8. The van der Waals surface area contributed by atoms with Crippen LogP contribution in [-0.4, -0.2) is 31.5 Å². The van der Waals surface area contributed by atoms with Crippen LogP contribution in [-0.2, 0) is 0 Å². The van der Waals surface area contributed by atoms with Crippen molar-refractivity contribution in [3.05, 3.63) is 88.2 Å². The molecule has 2 atom stereocenters. The molecule has 186 valence electrons. The summed E-state index contributed by atoms with van der Waals surface area (Å²) in [7, 11) is 0. The van der Waals surface area contributed by atoms with Crippen molar-refractivity contribution < 1.29 is 9.18 Å². The summed E-state index contributed by atoms with van der Waals surface area (Å²) in [5.74, 6) is 0.0309. The molecule has 1 aliphatic carbocycles. The minimum atomic E-state index is -0.323. The molecule has 37 heavy (non-hydrogen) atoms. The number of carbonyl (C=O) groups is 1. The average Bonchev–Trinajstić information content (AvgIpc) is 3.53. The van der Waals surface area contributed by atoms with E-state index in [4.69, 9.17) is 16.6 Å². The van der Waals surface area contributed by atoms with E-state index >= 15 is 0 Å².